The third kappa shape index (κ3) is 13.3. The van der Waals surface area contributed by atoms with Crippen LogP contribution in [0.25, 0.3) is 17.0 Å². The van der Waals surface area contributed by atoms with E-state index in [1.807, 2.05) is 19.9 Å². The Morgan fingerprint density at radius 3 is 1.76 bits per heavy atom. The van der Waals surface area contributed by atoms with Crippen LogP contribution in [0, 0.1) is 0 Å². The number of benzene rings is 1. The fourth-order valence-electron chi connectivity index (χ4n) is 5.33. The molecule has 62 heavy (non-hydrogen) atoms. The van der Waals surface area contributed by atoms with E-state index in [0.29, 0.717) is 53.0 Å². The van der Waals surface area contributed by atoms with Gasteiger partial charge in [-0.2, -0.15) is 0 Å². The van der Waals surface area contributed by atoms with Crippen LogP contribution in [0.4, 0.5) is 6.01 Å². The molecule has 0 radical (unpaired) electrons. The highest BCUT2D eigenvalue weighted by atomic mass is 79.9. The summed E-state index contributed by atoms with van der Waals surface area (Å²) >= 11 is 16.9. The van der Waals surface area contributed by atoms with E-state index < -0.39 is 5.97 Å². The maximum absolute atomic E-state index is 12.3. The van der Waals surface area contributed by atoms with Gasteiger partial charge in [-0.25, -0.2) is 24.7 Å². The standard InChI is InChI=1S/C21H21N5O2S.C7H7BrN2OS.C7H7ClN2OS.C4H2BrNO2S/c1-11(2)23-21-26-25-19(28-21)13-4-3-12-5-8-15(16(12)9-13)20-22-10-17(29-20)18(27)24-14-6-7-14;2*8-7-9-3-5(12-7)6(11)10-4-1-2-4;5-4-6-1-2(9-4)3(7)8/h3-4,8-11,14H,5-7H2,1-2H3,(H,23,26)(H,24,27);2*3-4H,1-2H2,(H,10,11);1H,(H,7,8). The second-order valence-corrected chi connectivity index (χ2v) is 21.7. The molecule has 6 aromatic rings. The van der Waals surface area contributed by atoms with E-state index in [1.54, 1.807) is 12.4 Å². The molecule has 5 aromatic heterocycles. The molecule has 3 saturated carbocycles. The molecule has 0 unspecified atom stereocenters. The maximum atomic E-state index is 12.3. The van der Waals surface area contributed by atoms with Gasteiger partial charge in [0.1, 0.15) is 24.5 Å². The van der Waals surface area contributed by atoms with Gasteiger partial charge in [-0.1, -0.05) is 40.2 Å². The number of carboxylic acids is 1. The third-order valence-electron chi connectivity index (χ3n) is 8.80. The van der Waals surface area contributed by atoms with Gasteiger partial charge in [0.05, 0.1) is 24.8 Å². The Balaban J connectivity index is 0.000000144. The number of anilines is 1. The summed E-state index contributed by atoms with van der Waals surface area (Å²) < 4.78 is 7.50. The van der Waals surface area contributed by atoms with Crippen molar-refractivity contribution in [2.24, 2.45) is 0 Å². The summed E-state index contributed by atoms with van der Waals surface area (Å²) in [6.45, 7) is 4.03. The van der Waals surface area contributed by atoms with Crippen molar-refractivity contribution in [2.45, 2.75) is 83.0 Å². The molecule has 3 amide bonds. The first kappa shape index (κ1) is 45.6. The molecule has 1 aromatic carbocycles. The molecule has 16 nitrogen and oxygen atoms in total. The fourth-order valence-corrected chi connectivity index (χ4v) is 9.32. The molecule has 0 spiro atoms. The minimum Gasteiger partial charge on any atom is -0.477 e. The Bertz CT molecular complexity index is 2530. The topological polar surface area (TPSA) is 227 Å². The van der Waals surface area contributed by atoms with Crippen molar-refractivity contribution >= 4 is 124 Å². The van der Waals surface area contributed by atoms with E-state index in [9.17, 15) is 19.2 Å². The second kappa shape index (κ2) is 20.8. The Morgan fingerprint density at radius 2 is 1.27 bits per heavy atom. The van der Waals surface area contributed by atoms with Crippen LogP contribution in [0.2, 0.25) is 4.47 Å². The second-order valence-electron chi connectivity index (χ2n) is 14.4. The van der Waals surface area contributed by atoms with Gasteiger partial charge in [-0.05, 0) is 114 Å². The van der Waals surface area contributed by atoms with Crippen LogP contribution in [0.1, 0.15) is 107 Å². The smallest absolute Gasteiger partial charge is 0.347 e. The highest BCUT2D eigenvalue weighted by molar-refractivity contribution is 9.11. The van der Waals surface area contributed by atoms with Crippen molar-refractivity contribution in [1.29, 1.82) is 0 Å². The van der Waals surface area contributed by atoms with Crippen molar-refractivity contribution in [3.63, 3.8) is 0 Å². The highest BCUT2D eigenvalue weighted by Gasteiger charge is 2.27. The molecule has 0 aliphatic heterocycles. The first-order valence-electron chi connectivity index (χ1n) is 19.2. The van der Waals surface area contributed by atoms with Crippen LogP contribution >= 0.6 is 88.8 Å². The van der Waals surface area contributed by atoms with Crippen molar-refractivity contribution < 1.29 is 28.7 Å². The molecule has 5 N–H and O–H groups in total. The molecule has 324 valence electrons. The van der Waals surface area contributed by atoms with E-state index in [2.05, 4.69) is 101 Å². The Labute approximate surface area is 392 Å². The van der Waals surface area contributed by atoms with Gasteiger partial charge in [-0.3, -0.25) is 14.4 Å². The number of aromatic nitrogens is 6. The highest BCUT2D eigenvalue weighted by Crippen LogP contribution is 2.37. The quantitative estimate of drug-likeness (QED) is 0.0818. The van der Waals surface area contributed by atoms with Crippen LogP contribution in [-0.4, -0.2) is 83.1 Å². The monoisotopic (exact) mass is 1060 g/mol. The van der Waals surface area contributed by atoms with Crippen molar-refractivity contribution in [3.05, 3.63) is 97.0 Å². The number of carbonyl (C=O) groups is 4. The van der Waals surface area contributed by atoms with E-state index in [1.165, 1.54) is 52.0 Å². The average Bonchev–Trinajstić information content (AvgIpc) is 4.08. The van der Waals surface area contributed by atoms with E-state index in [-0.39, 0.29) is 28.6 Å². The number of carboxylic acid groups (broad SMARTS) is 1. The van der Waals surface area contributed by atoms with Gasteiger partial charge >= 0.3 is 12.0 Å². The summed E-state index contributed by atoms with van der Waals surface area (Å²) in [4.78, 5) is 63.2. The summed E-state index contributed by atoms with van der Waals surface area (Å²) in [5.41, 5.74) is 4.24. The molecule has 4 aliphatic carbocycles. The zero-order chi connectivity index (χ0) is 43.9. The number of carbonyl (C=O) groups excluding carboxylic acids is 3. The Kier molecular flexibility index (Phi) is 15.3. The molecular weight excluding hydrogens is 1030 g/mol. The Hall–Kier alpha value is -4.45. The number of hydrogen-bond donors (Lipinski definition) is 5. The third-order valence-corrected chi connectivity index (χ3v) is 13.9. The first-order chi connectivity index (χ1) is 29.8. The minimum atomic E-state index is -0.932. The molecule has 0 saturated heterocycles. The lowest BCUT2D eigenvalue weighted by molar-refractivity contribution is 0.0701. The summed E-state index contributed by atoms with van der Waals surface area (Å²) in [6.07, 6.45) is 15.7. The number of amides is 3. The number of thiazole rings is 4. The number of nitrogens with zero attached hydrogens (tertiary/aromatic N) is 6. The van der Waals surface area contributed by atoms with Crippen molar-refractivity contribution in [1.82, 2.24) is 46.1 Å². The summed E-state index contributed by atoms with van der Waals surface area (Å²) in [7, 11) is 0. The number of hydrogen-bond acceptors (Lipinski definition) is 16. The van der Waals surface area contributed by atoms with Crippen LogP contribution in [0.3, 0.4) is 0 Å². The predicted octanol–water partition coefficient (Wildman–Crippen LogP) is 8.98. The lowest BCUT2D eigenvalue weighted by Gasteiger charge is -2.05. The van der Waals surface area contributed by atoms with Crippen LogP contribution in [0.15, 0.2) is 61.3 Å². The normalized spacial score (nSPS) is 14.8. The molecule has 5 heterocycles. The van der Waals surface area contributed by atoms with Crippen LogP contribution in [0.5, 0.6) is 0 Å². The summed E-state index contributed by atoms with van der Waals surface area (Å²) in [5.74, 6) is -0.536. The van der Waals surface area contributed by atoms with E-state index in [4.69, 9.17) is 21.1 Å². The summed E-state index contributed by atoms with van der Waals surface area (Å²) in [6, 6.07) is 7.92. The van der Waals surface area contributed by atoms with E-state index in [0.717, 1.165) is 81.9 Å². The molecule has 0 bridgehead atoms. The zero-order valence-corrected chi connectivity index (χ0v) is 40.0. The lowest BCUT2D eigenvalue weighted by Crippen LogP contribution is -2.24. The van der Waals surface area contributed by atoms with Gasteiger partial charge in [0, 0.05) is 35.3 Å². The van der Waals surface area contributed by atoms with Gasteiger partial charge in [0.25, 0.3) is 17.7 Å². The SMILES string of the molecule is CC(C)Nc1nnc(-c2ccc3c(c2)C(c2ncc(C(=O)NC4CC4)s2)=CC3)o1.O=C(NC1CC1)c1cnc(Br)s1.O=C(NC1CC1)c1cnc(Cl)s1.O=C(O)c1cnc(Br)s1. The number of nitrogens with one attached hydrogen (secondary N) is 4. The molecule has 23 heteroatoms. The van der Waals surface area contributed by atoms with Crippen molar-refractivity contribution in [2.75, 3.05) is 5.32 Å². The fraction of sp³-hybridized carbons (Fsp3) is 0.333. The predicted molar refractivity (Wildman–Crippen MR) is 247 cm³/mol. The first-order valence-corrected chi connectivity index (χ1v) is 24.4. The minimum absolute atomic E-state index is 0.000648. The number of aromatic carboxylic acids is 1. The van der Waals surface area contributed by atoms with Gasteiger partial charge < -0.3 is 30.8 Å². The maximum Gasteiger partial charge on any atom is 0.347 e. The van der Waals surface area contributed by atoms with Gasteiger partial charge in [0.15, 0.2) is 12.3 Å². The van der Waals surface area contributed by atoms with Crippen molar-refractivity contribution in [3.8, 4) is 11.5 Å². The molecule has 4 aliphatic rings. The van der Waals surface area contributed by atoms with Gasteiger partial charge in [0.2, 0.25) is 5.89 Å². The number of rotatable bonds is 11. The average molecular weight is 1070 g/mol. The number of halogens is 3. The summed E-state index contributed by atoms with van der Waals surface area (Å²) in [5, 5.41) is 29.3. The zero-order valence-electron chi connectivity index (χ0n) is 32.8. The molecule has 3 fully saturated rings. The van der Waals surface area contributed by atoms with Gasteiger partial charge in [-0.15, -0.1) is 39.1 Å². The molecule has 10 rings (SSSR count). The Morgan fingerprint density at radius 1 is 0.742 bits per heavy atom. The lowest BCUT2D eigenvalue weighted by atomic mass is 10.0. The number of fused-ring (bicyclic) bond motifs is 1. The molecule has 0 atom stereocenters. The molecular formula is C39H37Br2ClN10O6S4. The van der Waals surface area contributed by atoms with Crippen LogP contribution in [-0.2, 0) is 6.42 Å². The number of allylic oxidation sites excluding steroid dienone is 1. The van der Waals surface area contributed by atoms with E-state index >= 15 is 0 Å². The van der Waals surface area contributed by atoms with Crippen LogP contribution < -0.4 is 21.3 Å². The largest absolute Gasteiger partial charge is 0.477 e.